The SMILES string of the molecule is O=C(COc1cccn(CC2CCNCC2)c1=O)N1CCCC1. The molecule has 23 heavy (non-hydrogen) atoms. The van der Waals surface area contributed by atoms with Crippen molar-refractivity contribution in [1.29, 1.82) is 0 Å². The molecule has 1 aromatic heterocycles. The van der Waals surface area contributed by atoms with Crippen LogP contribution >= 0.6 is 0 Å². The first kappa shape index (κ1) is 16.1. The van der Waals surface area contributed by atoms with Gasteiger partial charge in [0, 0.05) is 25.8 Å². The first-order valence-electron chi connectivity index (χ1n) is 8.55. The number of amides is 1. The largest absolute Gasteiger partial charge is 0.478 e. The molecule has 0 spiro atoms. The second-order valence-corrected chi connectivity index (χ2v) is 6.40. The summed E-state index contributed by atoms with van der Waals surface area (Å²) in [6, 6.07) is 3.47. The minimum absolute atomic E-state index is 0.0318. The van der Waals surface area contributed by atoms with Crippen molar-refractivity contribution in [2.45, 2.75) is 32.2 Å². The number of aromatic nitrogens is 1. The highest BCUT2D eigenvalue weighted by Gasteiger charge is 2.19. The quantitative estimate of drug-likeness (QED) is 0.874. The van der Waals surface area contributed by atoms with Crippen LogP contribution < -0.4 is 15.6 Å². The number of piperidine rings is 1. The lowest BCUT2D eigenvalue weighted by Crippen LogP contribution is -2.34. The van der Waals surface area contributed by atoms with Crippen molar-refractivity contribution in [3.63, 3.8) is 0 Å². The number of likely N-dealkylation sites (tertiary alicyclic amines) is 1. The molecule has 1 amide bonds. The van der Waals surface area contributed by atoms with Gasteiger partial charge >= 0.3 is 0 Å². The summed E-state index contributed by atoms with van der Waals surface area (Å²) in [5.74, 6) is 0.764. The van der Waals surface area contributed by atoms with Crippen LogP contribution in [0.5, 0.6) is 5.75 Å². The Morgan fingerprint density at radius 3 is 2.74 bits per heavy atom. The predicted molar refractivity (Wildman–Crippen MR) is 87.6 cm³/mol. The second-order valence-electron chi connectivity index (χ2n) is 6.40. The number of rotatable bonds is 5. The van der Waals surface area contributed by atoms with E-state index in [4.69, 9.17) is 4.74 Å². The molecule has 3 heterocycles. The van der Waals surface area contributed by atoms with Crippen LogP contribution in [0.1, 0.15) is 25.7 Å². The van der Waals surface area contributed by atoms with Crippen molar-refractivity contribution in [1.82, 2.24) is 14.8 Å². The molecule has 2 aliphatic heterocycles. The van der Waals surface area contributed by atoms with Gasteiger partial charge in [-0.1, -0.05) is 0 Å². The van der Waals surface area contributed by atoms with Crippen molar-refractivity contribution in [3.05, 3.63) is 28.7 Å². The van der Waals surface area contributed by atoms with E-state index in [9.17, 15) is 9.59 Å². The maximum Gasteiger partial charge on any atom is 0.292 e. The molecule has 1 aromatic rings. The Bertz CT molecular complexity index is 587. The number of carbonyl (C=O) groups excluding carboxylic acids is 1. The molecule has 0 bridgehead atoms. The van der Waals surface area contributed by atoms with Gasteiger partial charge in [-0.25, -0.2) is 0 Å². The van der Waals surface area contributed by atoms with Crippen molar-refractivity contribution >= 4 is 5.91 Å². The number of carbonyl (C=O) groups is 1. The minimum atomic E-state index is -0.139. The lowest BCUT2D eigenvalue weighted by Gasteiger charge is -2.23. The molecule has 0 atom stereocenters. The van der Waals surface area contributed by atoms with Crippen LogP contribution in [0.15, 0.2) is 23.1 Å². The minimum Gasteiger partial charge on any atom is -0.478 e. The Hall–Kier alpha value is -1.82. The monoisotopic (exact) mass is 319 g/mol. The fourth-order valence-electron chi connectivity index (χ4n) is 3.31. The van der Waals surface area contributed by atoms with Crippen LogP contribution in [0, 0.1) is 5.92 Å². The van der Waals surface area contributed by atoms with E-state index in [0.29, 0.717) is 5.92 Å². The van der Waals surface area contributed by atoms with Gasteiger partial charge in [0.25, 0.3) is 11.5 Å². The maximum atomic E-state index is 12.5. The normalized spacial score (nSPS) is 19.0. The fourth-order valence-corrected chi connectivity index (χ4v) is 3.31. The first-order chi connectivity index (χ1) is 11.2. The summed E-state index contributed by atoms with van der Waals surface area (Å²) in [5.41, 5.74) is -0.139. The molecule has 0 aliphatic carbocycles. The second kappa shape index (κ2) is 7.64. The third-order valence-electron chi connectivity index (χ3n) is 4.71. The average molecular weight is 319 g/mol. The molecule has 3 rings (SSSR count). The van der Waals surface area contributed by atoms with Crippen LogP contribution in [0.4, 0.5) is 0 Å². The van der Waals surface area contributed by atoms with Crippen LogP contribution in [0.3, 0.4) is 0 Å². The number of pyridine rings is 1. The molecule has 2 aliphatic rings. The van der Waals surface area contributed by atoms with Gasteiger partial charge in [0.1, 0.15) is 0 Å². The van der Waals surface area contributed by atoms with E-state index in [2.05, 4.69) is 5.32 Å². The molecule has 0 saturated carbocycles. The number of nitrogens with zero attached hydrogens (tertiary/aromatic N) is 2. The summed E-state index contributed by atoms with van der Waals surface area (Å²) >= 11 is 0. The molecule has 0 unspecified atom stereocenters. The first-order valence-corrected chi connectivity index (χ1v) is 8.55. The molecule has 2 saturated heterocycles. The maximum absolute atomic E-state index is 12.5. The van der Waals surface area contributed by atoms with Gasteiger partial charge in [-0.2, -0.15) is 0 Å². The summed E-state index contributed by atoms with van der Waals surface area (Å²) in [4.78, 5) is 26.3. The predicted octanol–water partition coefficient (Wildman–Crippen LogP) is 0.849. The van der Waals surface area contributed by atoms with Gasteiger partial charge in [-0.3, -0.25) is 9.59 Å². The van der Waals surface area contributed by atoms with E-state index in [-0.39, 0.29) is 23.8 Å². The Kier molecular flexibility index (Phi) is 5.33. The van der Waals surface area contributed by atoms with Crippen molar-refractivity contribution in [3.8, 4) is 5.75 Å². The highest BCUT2D eigenvalue weighted by Crippen LogP contribution is 2.14. The average Bonchev–Trinajstić information content (AvgIpc) is 3.11. The lowest BCUT2D eigenvalue weighted by atomic mass is 9.98. The zero-order chi connectivity index (χ0) is 16.1. The molecular formula is C17H25N3O3. The Balaban J connectivity index is 1.60. The van der Waals surface area contributed by atoms with Gasteiger partial charge < -0.3 is 19.5 Å². The molecule has 2 fully saturated rings. The van der Waals surface area contributed by atoms with E-state index < -0.39 is 0 Å². The highest BCUT2D eigenvalue weighted by atomic mass is 16.5. The fraction of sp³-hybridized carbons (Fsp3) is 0.647. The van der Waals surface area contributed by atoms with Crippen molar-refractivity contribution in [2.24, 2.45) is 5.92 Å². The lowest BCUT2D eigenvalue weighted by molar-refractivity contribution is -0.132. The molecular weight excluding hydrogens is 294 g/mol. The number of hydrogen-bond acceptors (Lipinski definition) is 4. The van der Waals surface area contributed by atoms with Crippen molar-refractivity contribution in [2.75, 3.05) is 32.8 Å². The highest BCUT2D eigenvalue weighted by molar-refractivity contribution is 5.77. The number of nitrogens with one attached hydrogen (secondary N) is 1. The van der Waals surface area contributed by atoms with Gasteiger partial charge in [0.15, 0.2) is 12.4 Å². The van der Waals surface area contributed by atoms with E-state index in [0.717, 1.165) is 58.4 Å². The number of ether oxygens (including phenoxy) is 1. The molecule has 126 valence electrons. The third-order valence-corrected chi connectivity index (χ3v) is 4.71. The summed E-state index contributed by atoms with van der Waals surface area (Å²) in [6.07, 6.45) is 6.09. The molecule has 1 N–H and O–H groups in total. The third kappa shape index (κ3) is 4.13. The standard InChI is InChI=1S/C17H25N3O3/c21-16(19-9-1-2-10-19)13-23-15-4-3-11-20(17(15)22)12-14-5-7-18-8-6-14/h3-4,11,14,18H,1-2,5-10,12-13H2. The summed E-state index contributed by atoms with van der Waals surface area (Å²) < 4.78 is 7.22. The van der Waals surface area contributed by atoms with Gasteiger partial charge in [0.05, 0.1) is 0 Å². The van der Waals surface area contributed by atoms with Gasteiger partial charge in [0.2, 0.25) is 0 Å². The van der Waals surface area contributed by atoms with E-state index in [1.54, 1.807) is 21.7 Å². The molecule has 0 aromatic carbocycles. The van der Waals surface area contributed by atoms with Gasteiger partial charge in [-0.15, -0.1) is 0 Å². The summed E-state index contributed by atoms with van der Waals surface area (Å²) in [6.45, 7) is 4.30. The van der Waals surface area contributed by atoms with Crippen LogP contribution in [0.2, 0.25) is 0 Å². The van der Waals surface area contributed by atoms with Crippen LogP contribution in [-0.2, 0) is 11.3 Å². The van der Waals surface area contributed by atoms with Crippen LogP contribution in [0.25, 0.3) is 0 Å². The Morgan fingerprint density at radius 1 is 1.26 bits per heavy atom. The van der Waals surface area contributed by atoms with Crippen LogP contribution in [-0.4, -0.2) is 48.2 Å². The van der Waals surface area contributed by atoms with E-state index in [1.807, 2.05) is 6.07 Å². The Morgan fingerprint density at radius 2 is 2.00 bits per heavy atom. The van der Waals surface area contributed by atoms with Crippen molar-refractivity contribution < 1.29 is 9.53 Å². The Labute approximate surface area is 136 Å². The topological polar surface area (TPSA) is 63.6 Å². The molecule has 6 heteroatoms. The zero-order valence-electron chi connectivity index (χ0n) is 13.5. The molecule has 0 radical (unpaired) electrons. The summed E-state index contributed by atoms with van der Waals surface area (Å²) in [7, 11) is 0. The number of hydrogen-bond donors (Lipinski definition) is 1. The smallest absolute Gasteiger partial charge is 0.292 e. The van der Waals surface area contributed by atoms with E-state index >= 15 is 0 Å². The molecule has 6 nitrogen and oxygen atoms in total. The van der Waals surface area contributed by atoms with Gasteiger partial charge in [-0.05, 0) is 56.8 Å². The zero-order valence-corrected chi connectivity index (χ0v) is 13.5. The van der Waals surface area contributed by atoms with E-state index in [1.165, 1.54) is 0 Å². The summed E-state index contributed by atoms with van der Waals surface area (Å²) in [5, 5.41) is 3.33.